The van der Waals surface area contributed by atoms with E-state index < -0.39 is 9.84 Å². The average molecular weight is 266 g/mol. The van der Waals surface area contributed by atoms with Gasteiger partial charge in [0.2, 0.25) is 0 Å². The van der Waals surface area contributed by atoms with Crippen LogP contribution in [-0.4, -0.2) is 62.8 Å². The van der Waals surface area contributed by atoms with Gasteiger partial charge in [-0.15, -0.1) is 0 Å². The highest BCUT2D eigenvalue weighted by Crippen LogP contribution is 2.11. The lowest BCUT2D eigenvalue weighted by molar-refractivity contribution is 0.202. The molecule has 1 aliphatic rings. The Morgan fingerprint density at radius 2 is 2.31 bits per heavy atom. The Bertz CT molecular complexity index is 343. The van der Waals surface area contributed by atoms with Crippen LogP contribution >= 0.6 is 12.2 Å². The van der Waals surface area contributed by atoms with Crippen LogP contribution in [0, 0.1) is 0 Å². The number of hydrogen-bond donors (Lipinski definition) is 1. The summed E-state index contributed by atoms with van der Waals surface area (Å²) in [7, 11) is -1.25. The SMILES string of the molecule is COCCNC(=S)N1CCS(=O)(=O)CC1C. The number of ether oxygens (including phenoxy) is 1. The predicted octanol–water partition coefficient (Wildman–Crippen LogP) is -0.374. The second kappa shape index (κ2) is 5.79. The molecular formula is C9H18N2O3S2. The molecule has 7 heteroatoms. The van der Waals surface area contributed by atoms with Gasteiger partial charge in [0, 0.05) is 26.2 Å². The van der Waals surface area contributed by atoms with Crippen LogP contribution in [0.25, 0.3) is 0 Å². The molecule has 16 heavy (non-hydrogen) atoms. The second-order valence-electron chi connectivity index (χ2n) is 3.88. The fraction of sp³-hybridized carbons (Fsp3) is 0.889. The molecule has 1 rings (SSSR count). The summed E-state index contributed by atoms with van der Waals surface area (Å²) in [5.74, 6) is 0.364. The normalized spacial score (nSPS) is 24.1. The predicted molar refractivity (Wildman–Crippen MR) is 67.3 cm³/mol. The van der Waals surface area contributed by atoms with Crippen molar-refractivity contribution in [3.63, 3.8) is 0 Å². The van der Waals surface area contributed by atoms with Gasteiger partial charge in [-0.1, -0.05) is 0 Å². The van der Waals surface area contributed by atoms with Gasteiger partial charge in [-0.25, -0.2) is 8.42 Å². The van der Waals surface area contributed by atoms with Gasteiger partial charge < -0.3 is 15.0 Å². The lowest BCUT2D eigenvalue weighted by Crippen LogP contribution is -2.53. The monoisotopic (exact) mass is 266 g/mol. The molecule has 5 nitrogen and oxygen atoms in total. The maximum absolute atomic E-state index is 11.4. The van der Waals surface area contributed by atoms with Gasteiger partial charge in [-0.2, -0.15) is 0 Å². The standard InChI is InChI=1S/C9H18N2O3S2/c1-8-7-16(12,13)6-4-11(8)9(15)10-3-5-14-2/h8H,3-7H2,1-2H3,(H,10,15). The zero-order chi connectivity index (χ0) is 12.2. The van der Waals surface area contributed by atoms with Crippen LogP contribution < -0.4 is 5.32 Å². The molecule has 0 bridgehead atoms. The van der Waals surface area contributed by atoms with Crippen LogP contribution in [-0.2, 0) is 14.6 Å². The Hall–Kier alpha value is -0.400. The smallest absolute Gasteiger partial charge is 0.169 e. The van der Waals surface area contributed by atoms with E-state index in [-0.39, 0.29) is 17.5 Å². The fourth-order valence-electron chi connectivity index (χ4n) is 1.66. The van der Waals surface area contributed by atoms with E-state index in [0.29, 0.717) is 24.8 Å². The Balaban J connectivity index is 2.46. The number of nitrogens with zero attached hydrogens (tertiary/aromatic N) is 1. The molecule has 1 heterocycles. The van der Waals surface area contributed by atoms with Crippen LogP contribution in [0.1, 0.15) is 6.92 Å². The lowest BCUT2D eigenvalue weighted by Gasteiger charge is -2.35. The summed E-state index contributed by atoms with van der Waals surface area (Å²) >= 11 is 5.20. The summed E-state index contributed by atoms with van der Waals surface area (Å²) in [4.78, 5) is 1.92. The lowest BCUT2D eigenvalue weighted by atomic mass is 10.3. The summed E-state index contributed by atoms with van der Waals surface area (Å²) in [5.41, 5.74) is 0. The molecule has 1 saturated heterocycles. The first-order valence-corrected chi connectivity index (χ1v) is 7.43. The number of rotatable bonds is 3. The Labute approximate surface area is 102 Å². The van der Waals surface area contributed by atoms with E-state index in [1.54, 1.807) is 7.11 Å². The fourth-order valence-corrected chi connectivity index (χ4v) is 3.59. The van der Waals surface area contributed by atoms with E-state index >= 15 is 0 Å². The minimum Gasteiger partial charge on any atom is -0.383 e. The Morgan fingerprint density at radius 1 is 1.62 bits per heavy atom. The molecule has 0 aliphatic carbocycles. The van der Waals surface area contributed by atoms with Crippen LogP contribution in [0.4, 0.5) is 0 Å². The molecule has 1 fully saturated rings. The Kier molecular flexibility index (Phi) is 4.94. The molecule has 0 radical (unpaired) electrons. The minimum absolute atomic E-state index is 0.0544. The van der Waals surface area contributed by atoms with Crippen molar-refractivity contribution in [2.24, 2.45) is 0 Å². The molecule has 0 spiro atoms. The highest BCUT2D eigenvalue weighted by molar-refractivity contribution is 7.91. The minimum atomic E-state index is -2.88. The van der Waals surface area contributed by atoms with Gasteiger partial charge in [0.15, 0.2) is 14.9 Å². The molecule has 1 N–H and O–H groups in total. The largest absolute Gasteiger partial charge is 0.383 e. The highest BCUT2D eigenvalue weighted by Gasteiger charge is 2.29. The van der Waals surface area contributed by atoms with Crippen LogP contribution in [0.2, 0.25) is 0 Å². The quantitative estimate of drug-likeness (QED) is 0.555. The first-order chi connectivity index (χ1) is 7.46. The zero-order valence-corrected chi connectivity index (χ0v) is 11.2. The summed E-state index contributed by atoms with van der Waals surface area (Å²) in [6.45, 7) is 3.58. The molecule has 94 valence electrons. The Morgan fingerprint density at radius 3 is 2.88 bits per heavy atom. The van der Waals surface area contributed by atoms with Gasteiger partial charge in [-0.05, 0) is 19.1 Å². The van der Waals surface area contributed by atoms with Gasteiger partial charge >= 0.3 is 0 Å². The zero-order valence-electron chi connectivity index (χ0n) is 9.60. The summed E-state index contributed by atoms with van der Waals surface area (Å²) in [6, 6.07) is -0.0544. The average Bonchev–Trinajstić information content (AvgIpc) is 2.16. The highest BCUT2D eigenvalue weighted by atomic mass is 32.2. The van der Waals surface area contributed by atoms with Gasteiger partial charge in [0.05, 0.1) is 18.1 Å². The third kappa shape index (κ3) is 3.88. The topological polar surface area (TPSA) is 58.6 Å². The molecule has 0 aromatic rings. The van der Waals surface area contributed by atoms with Crippen molar-refractivity contribution in [3.8, 4) is 0 Å². The van der Waals surface area contributed by atoms with E-state index in [0.717, 1.165) is 0 Å². The van der Waals surface area contributed by atoms with E-state index in [9.17, 15) is 8.42 Å². The first-order valence-electron chi connectivity index (χ1n) is 5.20. The summed E-state index contributed by atoms with van der Waals surface area (Å²) in [5, 5.41) is 3.66. The van der Waals surface area contributed by atoms with E-state index in [1.807, 2.05) is 11.8 Å². The molecule has 1 unspecified atom stereocenters. The van der Waals surface area contributed by atoms with Crippen molar-refractivity contribution in [2.45, 2.75) is 13.0 Å². The summed E-state index contributed by atoms with van der Waals surface area (Å²) in [6.07, 6.45) is 0. The van der Waals surface area contributed by atoms with Gasteiger partial charge in [0.1, 0.15) is 0 Å². The third-order valence-electron chi connectivity index (χ3n) is 2.51. The maximum Gasteiger partial charge on any atom is 0.169 e. The molecule has 0 aromatic carbocycles. The van der Waals surface area contributed by atoms with Crippen molar-refractivity contribution in [2.75, 3.05) is 38.3 Å². The number of nitrogens with one attached hydrogen (secondary N) is 1. The van der Waals surface area contributed by atoms with E-state index in [4.69, 9.17) is 17.0 Å². The van der Waals surface area contributed by atoms with Crippen LogP contribution in [0.15, 0.2) is 0 Å². The van der Waals surface area contributed by atoms with E-state index in [2.05, 4.69) is 5.32 Å². The van der Waals surface area contributed by atoms with Gasteiger partial charge in [0.25, 0.3) is 0 Å². The molecule has 1 aliphatic heterocycles. The number of sulfone groups is 1. The van der Waals surface area contributed by atoms with Crippen LogP contribution in [0.3, 0.4) is 0 Å². The number of methoxy groups -OCH3 is 1. The van der Waals surface area contributed by atoms with Crippen molar-refractivity contribution in [3.05, 3.63) is 0 Å². The van der Waals surface area contributed by atoms with Crippen molar-refractivity contribution in [1.82, 2.24) is 10.2 Å². The number of thiocarbonyl (C=S) groups is 1. The number of hydrogen-bond acceptors (Lipinski definition) is 4. The van der Waals surface area contributed by atoms with Crippen LogP contribution in [0.5, 0.6) is 0 Å². The maximum atomic E-state index is 11.4. The van der Waals surface area contributed by atoms with Gasteiger partial charge in [-0.3, -0.25) is 0 Å². The second-order valence-corrected chi connectivity index (χ2v) is 6.50. The molecule has 1 atom stereocenters. The molecule has 0 aromatic heterocycles. The summed E-state index contributed by atoms with van der Waals surface area (Å²) < 4.78 is 27.7. The van der Waals surface area contributed by atoms with E-state index in [1.165, 1.54) is 0 Å². The first kappa shape index (κ1) is 13.7. The van der Waals surface area contributed by atoms with Crippen molar-refractivity contribution < 1.29 is 13.2 Å². The van der Waals surface area contributed by atoms with Crippen molar-refractivity contribution >= 4 is 27.2 Å². The third-order valence-corrected chi connectivity index (χ3v) is 4.69. The van der Waals surface area contributed by atoms with Crippen molar-refractivity contribution in [1.29, 1.82) is 0 Å². The molecule has 0 amide bonds. The molecule has 0 saturated carbocycles. The molecular weight excluding hydrogens is 248 g/mol.